The second-order valence-electron chi connectivity index (χ2n) is 9.95. The van der Waals surface area contributed by atoms with E-state index in [9.17, 15) is 5.11 Å². The van der Waals surface area contributed by atoms with Gasteiger partial charge in [0, 0.05) is 19.6 Å². The van der Waals surface area contributed by atoms with Crippen LogP contribution in [0.2, 0.25) is 0 Å². The summed E-state index contributed by atoms with van der Waals surface area (Å²) in [7, 11) is 0. The number of likely N-dealkylation sites (tertiary alicyclic amines) is 2. The molecule has 0 bridgehead atoms. The van der Waals surface area contributed by atoms with E-state index in [0.29, 0.717) is 6.61 Å². The lowest BCUT2D eigenvalue weighted by molar-refractivity contribution is -0.0170. The molecule has 0 radical (unpaired) electrons. The topological polar surface area (TPSA) is 45.2 Å². The SMILES string of the molecule is Cc1ccc(OC[C@]2(O)CCCN(Cc3ccc(OCCN4CCCC4)cc3)CC2)c(C)c1. The smallest absolute Gasteiger partial charge is 0.122 e. The first-order valence-electron chi connectivity index (χ1n) is 12.6. The summed E-state index contributed by atoms with van der Waals surface area (Å²) in [6, 6.07) is 14.7. The van der Waals surface area contributed by atoms with Crippen LogP contribution >= 0.6 is 0 Å². The molecule has 0 saturated carbocycles. The summed E-state index contributed by atoms with van der Waals surface area (Å²) in [6.07, 6.45) is 5.13. The average molecular weight is 453 g/mol. The van der Waals surface area contributed by atoms with E-state index < -0.39 is 5.60 Å². The zero-order valence-electron chi connectivity index (χ0n) is 20.4. The third kappa shape index (κ3) is 7.20. The molecule has 2 aliphatic heterocycles. The van der Waals surface area contributed by atoms with Crippen molar-refractivity contribution in [2.24, 2.45) is 0 Å². The molecule has 0 amide bonds. The number of aryl methyl sites for hydroxylation is 2. The maximum atomic E-state index is 11.2. The highest BCUT2D eigenvalue weighted by molar-refractivity contribution is 5.35. The van der Waals surface area contributed by atoms with Crippen molar-refractivity contribution >= 4 is 0 Å². The molecule has 4 rings (SSSR count). The summed E-state index contributed by atoms with van der Waals surface area (Å²) < 4.78 is 12.0. The van der Waals surface area contributed by atoms with Crippen molar-refractivity contribution in [2.75, 3.05) is 45.9 Å². The molecule has 0 aromatic heterocycles. The van der Waals surface area contributed by atoms with Crippen LogP contribution in [0.3, 0.4) is 0 Å². The van der Waals surface area contributed by atoms with E-state index in [2.05, 4.69) is 60.0 Å². The number of benzene rings is 2. The van der Waals surface area contributed by atoms with Crippen molar-refractivity contribution in [2.45, 2.75) is 58.1 Å². The lowest BCUT2D eigenvalue weighted by Crippen LogP contribution is -2.37. The van der Waals surface area contributed by atoms with Gasteiger partial charge in [-0.05, 0) is 94.9 Å². The van der Waals surface area contributed by atoms with Crippen LogP contribution in [0.5, 0.6) is 11.5 Å². The summed E-state index contributed by atoms with van der Waals surface area (Å²) >= 11 is 0. The minimum atomic E-state index is -0.765. The van der Waals surface area contributed by atoms with E-state index in [1.165, 1.54) is 37.1 Å². The molecule has 2 saturated heterocycles. The van der Waals surface area contributed by atoms with Crippen LogP contribution < -0.4 is 9.47 Å². The van der Waals surface area contributed by atoms with Gasteiger partial charge in [-0.15, -0.1) is 0 Å². The molecule has 0 spiro atoms. The number of nitrogens with zero attached hydrogens (tertiary/aromatic N) is 2. The molecule has 2 heterocycles. The highest BCUT2D eigenvalue weighted by Crippen LogP contribution is 2.27. The summed E-state index contributed by atoms with van der Waals surface area (Å²) in [5, 5.41) is 11.2. The number of hydrogen-bond acceptors (Lipinski definition) is 5. The molecule has 1 atom stereocenters. The van der Waals surface area contributed by atoms with Gasteiger partial charge in [-0.2, -0.15) is 0 Å². The standard InChI is InChI=1S/C28H40N2O3/c1-23-6-11-27(24(2)20-23)33-22-28(31)12-5-16-30(17-13-28)21-25-7-9-26(10-8-25)32-19-18-29-14-3-4-15-29/h6-11,20,31H,3-5,12-19,21-22H2,1-2H3/t28-/m0/s1. The molecule has 5 heteroatoms. The van der Waals surface area contributed by atoms with Gasteiger partial charge in [0.05, 0.1) is 5.60 Å². The van der Waals surface area contributed by atoms with Gasteiger partial charge >= 0.3 is 0 Å². The summed E-state index contributed by atoms with van der Waals surface area (Å²) in [6.45, 7) is 11.5. The number of ether oxygens (including phenoxy) is 2. The molecule has 2 aliphatic rings. The highest BCUT2D eigenvalue weighted by Gasteiger charge is 2.31. The van der Waals surface area contributed by atoms with Crippen LogP contribution in [-0.2, 0) is 6.54 Å². The number of hydrogen-bond donors (Lipinski definition) is 1. The fourth-order valence-corrected chi connectivity index (χ4v) is 4.96. The fraction of sp³-hybridized carbons (Fsp3) is 0.571. The molecule has 0 unspecified atom stereocenters. The predicted octanol–water partition coefficient (Wildman–Crippen LogP) is 4.57. The van der Waals surface area contributed by atoms with Crippen LogP contribution in [0.15, 0.2) is 42.5 Å². The Morgan fingerprint density at radius 1 is 0.848 bits per heavy atom. The molecule has 2 fully saturated rings. The minimum absolute atomic E-state index is 0.355. The molecular formula is C28H40N2O3. The van der Waals surface area contributed by atoms with E-state index in [1.54, 1.807) is 0 Å². The van der Waals surface area contributed by atoms with Gasteiger partial charge in [0.1, 0.15) is 24.7 Å². The van der Waals surface area contributed by atoms with Crippen molar-refractivity contribution in [3.05, 3.63) is 59.2 Å². The van der Waals surface area contributed by atoms with Gasteiger partial charge in [-0.3, -0.25) is 9.80 Å². The van der Waals surface area contributed by atoms with Crippen molar-refractivity contribution in [1.29, 1.82) is 0 Å². The highest BCUT2D eigenvalue weighted by atomic mass is 16.5. The molecule has 2 aromatic carbocycles. The first-order chi connectivity index (χ1) is 16.0. The second-order valence-corrected chi connectivity index (χ2v) is 9.95. The van der Waals surface area contributed by atoms with Gasteiger partial charge in [0.15, 0.2) is 0 Å². The van der Waals surface area contributed by atoms with Crippen LogP contribution in [0, 0.1) is 13.8 Å². The lowest BCUT2D eigenvalue weighted by atomic mass is 9.96. The fourth-order valence-electron chi connectivity index (χ4n) is 4.96. The summed E-state index contributed by atoms with van der Waals surface area (Å²) in [4.78, 5) is 4.92. The first-order valence-corrected chi connectivity index (χ1v) is 12.6. The minimum Gasteiger partial charge on any atom is -0.492 e. The molecule has 180 valence electrons. The Kier molecular flexibility index (Phi) is 8.29. The van der Waals surface area contributed by atoms with Gasteiger partial charge < -0.3 is 14.6 Å². The molecule has 2 aromatic rings. The van der Waals surface area contributed by atoms with Crippen molar-refractivity contribution in [3.63, 3.8) is 0 Å². The predicted molar refractivity (Wildman–Crippen MR) is 133 cm³/mol. The zero-order chi connectivity index (χ0) is 23.1. The van der Waals surface area contributed by atoms with Crippen LogP contribution in [0.4, 0.5) is 0 Å². The van der Waals surface area contributed by atoms with E-state index in [-0.39, 0.29) is 0 Å². The molecule has 0 aliphatic carbocycles. The monoisotopic (exact) mass is 452 g/mol. The van der Waals surface area contributed by atoms with Crippen molar-refractivity contribution < 1.29 is 14.6 Å². The van der Waals surface area contributed by atoms with Crippen LogP contribution in [0.1, 0.15) is 48.8 Å². The Morgan fingerprint density at radius 2 is 1.61 bits per heavy atom. The quantitative estimate of drug-likeness (QED) is 0.604. The Balaban J connectivity index is 1.22. The van der Waals surface area contributed by atoms with Gasteiger partial charge in [0.25, 0.3) is 0 Å². The summed E-state index contributed by atoms with van der Waals surface area (Å²) in [5.74, 6) is 1.82. The molecule has 1 N–H and O–H groups in total. The van der Waals surface area contributed by atoms with E-state index in [1.807, 2.05) is 6.07 Å². The maximum absolute atomic E-state index is 11.2. The average Bonchev–Trinajstić information content (AvgIpc) is 3.25. The van der Waals surface area contributed by atoms with Gasteiger partial charge in [-0.25, -0.2) is 0 Å². The van der Waals surface area contributed by atoms with E-state index >= 15 is 0 Å². The van der Waals surface area contributed by atoms with Gasteiger partial charge in [-0.1, -0.05) is 29.8 Å². The molecule has 5 nitrogen and oxygen atoms in total. The van der Waals surface area contributed by atoms with Crippen LogP contribution in [-0.4, -0.2) is 66.4 Å². The van der Waals surface area contributed by atoms with Crippen molar-refractivity contribution in [1.82, 2.24) is 9.80 Å². The molecule has 33 heavy (non-hydrogen) atoms. The Hall–Kier alpha value is -2.08. The maximum Gasteiger partial charge on any atom is 0.122 e. The molecular weight excluding hydrogens is 412 g/mol. The van der Waals surface area contributed by atoms with E-state index in [4.69, 9.17) is 9.47 Å². The Morgan fingerprint density at radius 3 is 2.36 bits per heavy atom. The normalized spacial score (nSPS) is 22.3. The largest absolute Gasteiger partial charge is 0.492 e. The van der Waals surface area contributed by atoms with Gasteiger partial charge in [0.2, 0.25) is 0 Å². The van der Waals surface area contributed by atoms with E-state index in [0.717, 1.165) is 69.1 Å². The third-order valence-electron chi connectivity index (χ3n) is 7.04. The zero-order valence-corrected chi connectivity index (χ0v) is 20.4. The lowest BCUT2D eigenvalue weighted by Gasteiger charge is -2.27. The van der Waals surface area contributed by atoms with Crippen molar-refractivity contribution in [3.8, 4) is 11.5 Å². The number of aliphatic hydroxyl groups is 1. The number of rotatable bonds is 9. The second kappa shape index (κ2) is 11.4. The third-order valence-corrected chi connectivity index (χ3v) is 7.04. The first kappa shape index (κ1) is 24.1. The summed E-state index contributed by atoms with van der Waals surface area (Å²) in [5.41, 5.74) is 2.88. The van der Waals surface area contributed by atoms with Crippen LogP contribution in [0.25, 0.3) is 0 Å². The Bertz CT molecular complexity index is 879. The Labute approximate surface area is 199 Å².